The summed E-state index contributed by atoms with van der Waals surface area (Å²) in [5, 5.41) is 4.59. The van der Waals surface area contributed by atoms with E-state index in [1.807, 2.05) is 0 Å². The highest BCUT2D eigenvalue weighted by molar-refractivity contribution is 5.67. The maximum Gasteiger partial charge on any atom is 0.434 e. The highest BCUT2D eigenvalue weighted by Crippen LogP contribution is 2.45. The summed E-state index contributed by atoms with van der Waals surface area (Å²) in [4.78, 5) is 21.0. The lowest BCUT2D eigenvalue weighted by Gasteiger charge is -2.10. The van der Waals surface area contributed by atoms with Gasteiger partial charge in [-0.05, 0) is 37.5 Å². The van der Waals surface area contributed by atoms with Crippen molar-refractivity contribution < 1.29 is 26.7 Å². The Balaban J connectivity index is 1.38. The molecule has 0 N–H and O–H groups in total. The maximum absolute atomic E-state index is 15.2. The van der Waals surface area contributed by atoms with Crippen LogP contribution in [0.5, 0.6) is 5.88 Å². The molecule has 1 aromatic carbocycles. The molecule has 0 spiro atoms. The molecule has 206 valence electrons. The molecule has 1 aliphatic carbocycles. The molecule has 0 radical (unpaired) electrons. The van der Waals surface area contributed by atoms with E-state index in [2.05, 4.69) is 30.0 Å². The van der Waals surface area contributed by atoms with Crippen molar-refractivity contribution in [2.45, 2.75) is 44.8 Å². The van der Waals surface area contributed by atoms with Crippen LogP contribution in [-0.4, -0.2) is 46.2 Å². The number of fused-ring (bicyclic) bond motifs is 1. The second-order valence-electron chi connectivity index (χ2n) is 9.33. The number of benzene rings is 1. The van der Waals surface area contributed by atoms with Crippen LogP contribution in [0.1, 0.15) is 48.5 Å². The number of aryl methyl sites for hydroxylation is 1. The van der Waals surface area contributed by atoms with Crippen LogP contribution in [0, 0.1) is 11.6 Å². The van der Waals surface area contributed by atoms with Crippen LogP contribution in [-0.2, 0) is 19.1 Å². The molecular weight excluding hydrogens is 535 g/mol. The van der Waals surface area contributed by atoms with Crippen LogP contribution in [0.3, 0.4) is 0 Å². The van der Waals surface area contributed by atoms with Crippen LogP contribution < -0.4 is 4.74 Å². The largest absolute Gasteiger partial charge is 0.480 e. The first-order valence-corrected chi connectivity index (χ1v) is 12.4. The number of methoxy groups -OCH3 is 1. The number of rotatable bonds is 7. The van der Waals surface area contributed by atoms with Gasteiger partial charge in [-0.3, -0.25) is 0 Å². The fourth-order valence-electron chi connectivity index (χ4n) is 4.62. The molecule has 14 heteroatoms. The minimum absolute atomic E-state index is 0.0395. The molecule has 5 aromatic rings. The van der Waals surface area contributed by atoms with E-state index in [0.717, 1.165) is 41.4 Å². The van der Waals surface area contributed by atoms with Gasteiger partial charge in [0.25, 0.3) is 0 Å². The van der Waals surface area contributed by atoms with Gasteiger partial charge in [-0.25, -0.2) is 33.7 Å². The van der Waals surface area contributed by atoms with Gasteiger partial charge in [0.1, 0.15) is 35.2 Å². The molecule has 40 heavy (non-hydrogen) atoms. The van der Waals surface area contributed by atoms with Gasteiger partial charge in [-0.2, -0.15) is 17.7 Å². The molecule has 0 aliphatic heterocycles. The maximum atomic E-state index is 15.2. The van der Waals surface area contributed by atoms with E-state index >= 15 is 8.78 Å². The van der Waals surface area contributed by atoms with Gasteiger partial charge in [-0.1, -0.05) is 0 Å². The van der Waals surface area contributed by atoms with Crippen molar-refractivity contribution in [1.29, 1.82) is 0 Å². The Morgan fingerprint density at radius 2 is 1.77 bits per heavy atom. The summed E-state index contributed by atoms with van der Waals surface area (Å²) in [6, 6.07) is 3.75. The van der Waals surface area contributed by atoms with Crippen LogP contribution in [0.25, 0.3) is 28.4 Å². The van der Waals surface area contributed by atoms with Crippen molar-refractivity contribution in [2.24, 2.45) is 0 Å². The van der Waals surface area contributed by atoms with E-state index in [1.54, 1.807) is 13.0 Å². The first-order chi connectivity index (χ1) is 19.2. The van der Waals surface area contributed by atoms with Crippen molar-refractivity contribution >= 4 is 5.65 Å². The average Bonchev–Trinajstić information content (AvgIpc) is 3.51. The SMILES string of the molecule is CCn1cc(C(F)(F)F)nc1-c1c(F)cc(Cc2nccc3nc(-c4c(OC)ncnc4C4CC4)nn23)cc1F. The molecule has 1 fully saturated rings. The van der Waals surface area contributed by atoms with E-state index in [4.69, 9.17) is 4.74 Å². The van der Waals surface area contributed by atoms with Gasteiger partial charge in [0, 0.05) is 37.3 Å². The molecular formula is C26H21F5N8O. The van der Waals surface area contributed by atoms with E-state index in [1.165, 1.54) is 24.1 Å². The van der Waals surface area contributed by atoms with Gasteiger partial charge in [-0.15, -0.1) is 5.10 Å². The van der Waals surface area contributed by atoms with Crippen molar-refractivity contribution in [1.82, 2.24) is 39.1 Å². The number of hydrogen-bond acceptors (Lipinski definition) is 7. The summed E-state index contributed by atoms with van der Waals surface area (Å²) in [5.41, 5.74) is 0.134. The quantitative estimate of drug-likeness (QED) is 0.253. The van der Waals surface area contributed by atoms with Crippen LogP contribution in [0.4, 0.5) is 22.0 Å². The number of ether oxygens (including phenoxy) is 1. The Kier molecular flexibility index (Phi) is 6.19. The van der Waals surface area contributed by atoms with Crippen molar-refractivity contribution in [3.63, 3.8) is 0 Å². The van der Waals surface area contributed by atoms with Gasteiger partial charge in [0.15, 0.2) is 17.2 Å². The zero-order valence-electron chi connectivity index (χ0n) is 21.2. The number of hydrogen-bond donors (Lipinski definition) is 0. The van der Waals surface area contributed by atoms with Crippen molar-refractivity contribution in [2.75, 3.05) is 7.11 Å². The molecule has 0 saturated heterocycles. The Morgan fingerprint density at radius 3 is 2.42 bits per heavy atom. The molecule has 4 aromatic heterocycles. The van der Waals surface area contributed by atoms with E-state index in [0.29, 0.717) is 28.7 Å². The zero-order chi connectivity index (χ0) is 28.2. The van der Waals surface area contributed by atoms with Crippen molar-refractivity contribution in [3.05, 3.63) is 71.3 Å². The lowest BCUT2D eigenvalue weighted by Crippen LogP contribution is -2.06. The predicted molar refractivity (Wildman–Crippen MR) is 131 cm³/mol. The monoisotopic (exact) mass is 556 g/mol. The molecule has 0 bridgehead atoms. The highest BCUT2D eigenvalue weighted by atomic mass is 19.4. The molecule has 4 heterocycles. The topological polar surface area (TPSA) is 95.9 Å². The summed E-state index contributed by atoms with van der Waals surface area (Å²) in [6.07, 6.45) is 0.841. The Hall–Kier alpha value is -4.49. The molecule has 0 atom stereocenters. The molecule has 1 saturated carbocycles. The Morgan fingerprint density at radius 1 is 1.02 bits per heavy atom. The van der Waals surface area contributed by atoms with E-state index in [-0.39, 0.29) is 24.4 Å². The smallest absolute Gasteiger partial charge is 0.434 e. The Bertz CT molecular complexity index is 1720. The van der Waals surface area contributed by atoms with Crippen LogP contribution >= 0.6 is 0 Å². The fraction of sp³-hybridized carbons (Fsp3) is 0.308. The second kappa shape index (κ2) is 9.61. The summed E-state index contributed by atoms with van der Waals surface area (Å²) < 4.78 is 77.9. The summed E-state index contributed by atoms with van der Waals surface area (Å²) >= 11 is 0. The Labute approximate surface area is 223 Å². The molecule has 9 nitrogen and oxygen atoms in total. The third kappa shape index (κ3) is 4.52. The van der Waals surface area contributed by atoms with Gasteiger partial charge >= 0.3 is 6.18 Å². The van der Waals surface area contributed by atoms with Crippen molar-refractivity contribution in [3.8, 4) is 28.7 Å². The fourth-order valence-corrected chi connectivity index (χ4v) is 4.62. The number of imidazole rings is 1. The molecule has 0 unspecified atom stereocenters. The van der Waals surface area contributed by atoms with Gasteiger partial charge in [0.05, 0.1) is 18.4 Å². The molecule has 1 aliphatic rings. The second-order valence-corrected chi connectivity index (χ2v) is 9.33. The lowest BCUT2D eigenvalue weighted by atomic mass is 10.1. The van der Waals surface area contributed by atoms with Crippen LogP contribution in [0.15, 0.2) is 36.9 Å². The number of aromatic nitrogens is 8. The summed E-state index contributed by atoms with van der Waals surface area (Å²) in [7, 11) is 1.49. The minimum Gasteiger partial charge on any atom is -0.480 e. The normalized spacial score (nSPS) is 13.8. The highest BCUT2D eigenvalue weighted by Gasteiger charge is 2.36. The van der Waals surface area contributed by atoms with Crippen LogP contribution in [0.2, 0.25) is 0 Å². The number of halogens is 5. The standard InChI is InChI=1S/C26H21F5N8O/c1-3-38-11-17(26(29,30)31)35-24(38)20-15(27)8-13(9-16(20)28)10-19-32-7-6-18-36-23(37-39(18)19)21-22(14-4-5-14)33-12-34-25(21)40-2/h6-9,11-12,14H,3-5,10H2,1-2H3. The third-order valence-corrected chi connectivity index (χ3v) is 6.64. The first-order valence-electron chi connectivity index (χ1n) is 12.4. The lowest BCUT2D eigenvalue weighted by molar-refractivity contribution is -0.140. The first kappa shape index (κ1) is 25.8. The van der Waals surface area contributed by atoms with E-state index < -0.39 is 34.9 Å². The third-order valence-electron chi connectivity index (χ3n) is 6.64. The van der Waals surface area contributed by atoms with Gasteiger partial charge in [0.2, 0.25) is 5.88 Å². The predicted octanol–water partition coefficient (Wildman–Crippen LogP) is 5.24. The molecule has 0 amide bonds. The number of alkyl halides is 3. The minimum atomic E-state index is -4.75. The van der Waals surface area contributed by atoms with E-state index in [9.17, 15) is 13.2 Å². The zero-order valence-corrected chi connectivity index (χ0v) is 21.2. The summed E-state index contributed by atoms with van der Waals surface area (Å²) in [6.45, 7) is 1.60. The summed E-state index contributed by atoms with van der Waals surface area (Å²) in [5.74, 6) is -1.28. The number of nitrogens with zero attached hydrogens (tertiary/aromatic N) is 8. The average molecular weight is 556 g/mol. The van der Waals surface area contributed by atoms with Gasteiger partial charge < -0.3 is 9.30 Å². The molecule has 6 rings (SSSR count).